The SMILES string of the molecule is CN(C(=O)OC(C)(C)C)c1ccc(C#N)cn1. The van der Waals surface area contributed by atoms with Gasteiger partial charge < -0.3 is 4.74 Å². The highest BCUT2D eigenvalue weighted by atomic mass is 16.6. The number of pyridine rings is 1. The zero-order valence-corrected chi connectivity index (χ0v) is 10.4. The molecule has 0 N–H and O–H groups in total. The van der Waals surface area contributed by atoms with Crippen LogP contribution in [0.3, 0.4) is 0 Å². The number of carbonyl (C=O) groups excluding carboxylic acids is 1. The third-order valence-electron chi connectivity index (χ3n) is 1.89. The van der Waals surface area contributed by atoms with Crippen molar-refractivity contribution in [2.45, 2.75) is 26.4 Å². The van der Waals surface area contributed by atoms with Gasteiger partial charge in [0.15, 0.2) is 0 Å². The highest BCUT2D eigenvalue weighted by Crippen LogP contribution is 2.14. The van der Waals surface area contributed by atoms with Gasteiger partial charge in [-0.1, -0.05) is 0 Å². The summed E-state index contributed by atoms with van der Waals surface area (Å²) >= 11 is 0. The molecule has 17 heavy (non-hydrogen) atoms. The van der Waals surface area contributed by atoms with Crippen LogP contribution in [0.15, 0.2) is 18.3 Å². The molecule has 0 atom stereocenters. The molecule has 1 aromatic rings. The molecular weight excluding hydrogens is 218 g/mol. The maximum Gasteiger partial charge on any atom is 0.415 e. The molecule has 0 saturated heterocycles. The first-order valence-electron chi connectivity index (χ1n) is 5.16. The van der Waals surface area contributed by atoms with Gasteiger partial charge >= 0.3 is 6.09 Å². The Bertz CT molecular complexity index is 440. The lowest BCUT2D eigenvalue weighted by Crippen LogP contribution is -2.34. The fraction of sp³-hybridized carbons (Fsp3) is 0.417. The normalized spacial score (nSPS) is 10.5. The van der Waals surface area contributed by atoms with E-state index in [2.05, 4.69) is 4.98 Å². The van der Waals surface area contributed by atoms with Crippen molar-refractivity contribution < 1.29 is 9.53 Å². The molecule has 0 aliphatic carbocycles. The summed E-state index contributed by atoms with van der Waals surface area (Å²) < 4.78 is 5.19. The van der Waals surface area contributed by atoms with Gasteiger partial charge in [0.2, 0.25) is 0 Å². The zero-order chi connectivity index (χ0) is 13.1. The minimum absolute atomic E-state index is 0.443. The molecule has 1 heterocycles. The monoisotopic (exact) mass is 233 g/mol. The van der Waals surface area contributed by atoms with Gasteiger partial charge in [-0.2, -0.15) is 5.26 Å². The summed E-state index contributed by atoms with van der Waals surface area (Å²) in [4.78, 5) is 17.0. The maximum absolute atomic E-state index is 11.7. The number of aromatic nitrogens is 1. The van der Waals surface area contributed by atoms with E-state index in [0.29, 0.717) is 11.4 Å². The third kappa shape index (κ3) is 3.76. The molecule has 1 amide bonds. The number of rotatable bonds is 1. The molecule has 0 aromatic carbocycles. The lowest BCUT2D eigenvalue weighted by molar-refractivity contribution is 0.0588. The molecule has 0 aliphatic heterocycles. The van der Waals surface area contributed by atoms with Crippen molar-refractivity contribution >= 4 is 11.9 Å². The molecule has 5 heteroatoms. The largest absolute Gasteiger partial charge is 0.443 e. The average Bonchev–Trinajstić information content (AvgIpc) is 2.26. The van der Waals surface area contributed by atoms with Crippen LogP contribution in [-0.2, 0) is 4.74 Å². The first-order valence-corrected chi connectivity index (χ1v) is 5.16. The topological polar surface area (TPSA) is 66.2 Å². The predicted octanol–water partition coefficient (Wildman–Crippen LogP) is 2.32. The Morgan fingerprint density at radius 1 is 1.47 bits per heavy atom. The number of carbonyl (C=O) groups is 1. The van der Waals surface area contributed by atoms with Crippen LogP contribution in [0.2, 0.25) is 0 Å². The Kier molecular flexibility index (Phi) is 3.69. The molecule has 0 fully saturated rings. The van der Waals surface area contributed by atoms with Crippen molar-refractivity contribution in [2.75, 3.05) is 11.9 Å². The molecule has 5 nitrogen and oxygen atoms in total. The van der Waals surface area contributed by atoms with Gasteiger partial charge in [0, 0.05) is 13.2 Å². The smallest absolute Gasteiger partial charge is 0.415 e. The van der Waals surface area contributed by atoms with Crippen molar-refractivity contribution in [3.8, 4) is 6.07 Å². The average molecular weight is 233 g/mol. The van der Waals surface area contributed by atoms with E-state index < -0.39 is 11.7 Å². The zero-order valence-electron chi connectivity index (χ0n) is 10.4. The Balaban J connectivity index is 2.79. The molecule has 90 valence electrons. The summed E-state index contributed by atoms with van der Waals surface area (Å²) in [6, 6.07) is 5.16. The molecule has 0 aliphatic rings. The van der Waals surface area contributed by atoms with Gasteiger partial charge in [-0.05, 0) is 32.9 Å². The van der Waals surface area contributed by atoms with E-state index in [4.69, 9.17) is 10.00 Å². The lowest BCUT2D eigenvalue weighted by Gasteiger charge is -2.24. The second-order valence-corrected chi connectivity index (χ2v) is 4.56. The van der Waals surface area contributed by atoms with Crippen LogP contribution in [0.25, 0.3) is 0 Å². The molecule has 1 aromatic heterocycles. The number of ether oxygens (including phenoxy) is 1. The minimum Gasteiger partial charge on any atom is -0.443 e. The third-order valence-corrected chi connectivity index (χ3v) is 1.89. The Morgan fingerprint density at radius 2 is 2.12 bits per heavy atom. The van der Waals surface area contributed by atoms with Crippen molar-refractivity contribution in [2.24, 2.45) is 0 Å². The standard InChI is InChI=1S/C12H15N3O2/c1-12(2,3)17-11(16)15(4)10-6-5-9(7-13)8-14-10/h5-6,8H,1-4H3. The van der Waals surface area contributed by atoms with Crippen LogP contribution in [0.4, 0.5) is 10.6 Å². The minimum atomic E-state index is -0.544. The van der Waals surface area contributed by atoms with Crippen LogP contribution in [0, 0.1) is 11.3 Å². The van der Waals surface area contributed by atoms with Gasteiger partial charge in [0.05, 0.1) is 5.56 Å². The van der Waals surface area contributed by atoms with Crippen molar-refractivity contribution in [1.29, 1.82) is 5.26 Å². The van der Waals surface area contributed by atoms with Crippen LogP contribution < -0.4 is 4.90 Å². The highest BCUT2D eigenvalue weighted by molar-refractivity contribution is 5.85. The summed E-state index contributed by atoms with van der Waals surface area (Å²) in [6.45, 7) is 5.39. The van der Waals surface area contributed by atoms with Gasteiger partial charge in [-0.25, -0.2) is 9.78 Å². The molecule has 0 unspecified atom stereocenters. The van der Waals surface area contributed by atoms with Crippen molar-refractivity contribution in [3.63, 3.8) is 0 Å². The summed E-state index contributed by atoms with van der Waals surface area (Å²) in [5.74, 6) is 0.443. The quantitative estimate of drug-likeness (QED) is 0.746. The predicted molar refractivity (Wildman–Crippen MR) is 63.6 cm³/mol. The number of hydrogen-bond donors (Lipinski definition) is 0. The summed E-state index contributed by atoms with van der Waals surface area (Å²) in [6.07, 6.45) is 0.936. The Morgan fingerprint density at radius 3 is 2.53 bits per heavy atom. The van der Waals surface area contributed by atoms with E-state index in [9.17, 15) is 4.79 Å². The number of amides is 1. The van der Waals surface area contributed by atoms with E-state index in [0.717, 1.165) is 0 Å². The fourth-order valence-corrected chi connectivity index (χ4v) is 1.07. The summed E-state index contributed by atoms with van der Waals surface area (Å²) in [5.41, 5.74) is -0.0934. The number of nitriles is 1. The Hall–Kier alpha value is -2.09. The van der Waals surface area contributed by atoms with E-state index in [1.165, 1.54) is 11.1 Å². The summed E-state index contributed by atoms with van der Waals surface area (Å²) in [7, 11) is 1.57. The van der Waals surface area contributed by atoms with E-state index >= 15 is 0 Å². The number of nitrogens with zero attached hydrogens (tertiary/aromatic N) is 3. The summed E-state index contributed by atoms with van der Waals surface area (Å²) in [5, 5.41) is 8.63. The number of hydrogen-bond acceptors (Lipinski definition) is 4. The van der Waals surface area contributed by atoms with E-state index in [1.807, 2.05) is 6.07 Å². The molecular formula is C12H15N3O2. The van der Waals surface area contributed by atoms with Gasteiger partial charge in [-0.15, -0.1) is 0 Å². The second kappa shape index (κ2) is 4.83. The molecule has 1 rings (SSSR count). The molecule has 0 radical (unpaired) electrons. The molecule has 0 spiro atoms. The first kappa shape index (κ1) is 13.0. The van der Waals surface area contributed by atoms with Crippen LogP contribution in [0.1, 0.15) is 26.3 Å². The maximum atomic E-state index is 11.7. The Labute approximate surface area is 101 Å². The van der Waals surface area contributed by atoms with Crippen molar-refractivity contribution in [3.05, 3.63) is 23.9 Å². The van der Waals surface area contributed by atoms with Crippen LogP contribution >= 0.6 is 0 Å². The highest BCUT2D eigenvalue weighted by Gasteiger charge is 2.20. The van der Waals surface area contributed by atoms with Gasteiger partial charge in [-0.3, -0.25) is 4.90 Å². The first-order chi connectivity index (χ1) is 7.83. The second-order valence-electron chi connectivity index (χ2n) is 4.56. The van der Waals surface area contributed by atoms with Crippen LogP contribution in [0.5, 0.6) is 0 Å². The van der Waals surface area contributed by atoms with E-state index in [-0.39, 0.29) is 0 Å². The fourth-order valence-electron chi connectivity index (χ4n) is 1.07. The lowest BCUT2D eigenvalue weighted by atomic mass is 10.2. The van der Waals surface area contributed by atoms with Gasteiger partial charge in [0.25, 0.3) is 0 Å². The van der Waals surface area contributed by atoms with Gasteiger partial charge in [0.1, 0.15) is 17.5 Å². The van der Waals surface area contributed by atoms with Crippen LogP contribution in [-0.4, -0.2) is 23.7 Å². The molecule has 0 bridgehead atoms. The number of anilines is 1. The van der Waals surface area contributed by atoms with E-state index in [1.54, 1.807) is 40.0 Å². The van der Waals surface area contributed by atoms with Crippen molar-refractivity contribution in [1.82, 2.24) is 4.98 Å². The molecule has 0 saturated carbocycles.